The number of ether oxygens (including phenoxy) is 1. The van der Waals surface area contributed by atoms with Gasteiger partial charge in [0.2, 0.25) is 15.9 Å². The zero-order valence-electron chi connectivity index (χ0n) is 18.5. The van der Waals surface area contributed by atoms with Gasteiger partial charge in [-0.05, 0) is 80.6 Å². The summed E-state index contributed by atoms with van der Waals surface area (Å²) in [5.41, 5.74) is 1.92. The largest absolute Gasteiger partial charge is 0.497 e. The molecule has 4 rings (SSSR count). The van der Waals surface area contributed by atoms with Crippen LogP contribution < -0.4 is 15.0 Å². The number of methoxy groups -OCH3 is 1. The lowest BCUT2D eigenvalue weighted by Gasteiger charge is -2.31. The molecule has 2 aliphatic heterocycles. The van der Waals surface area contributed by atoms with Gasteiger partial charge in [0.15, 0.2) is 0 Å². The number of hydrogen-bond acceptors (Lipinski definition) is 5. The Morgan fingerprint density at radius 2 is 1.62 bits per heavy atom. The molecule has 8 heteroatoms. The number of sulfonamides is 1. The average Bonchev–Trinajstić information content (AvgIpc) is 2.85. The van der Waals surface area contributed by atoms with E-state index in [0.717, 1.165) is 18.8 Å². The minimum atomic E-state index is -3.65. The Balaban J connectivity index is 1.38. The first kappa shape index (κ1) is 22.6. The molecule has 0 aliphatic carbocycles. The second kappa shape index (κ2) is 9.92. The van der Waals surface area contributed by atoms with Crippen molar-refractivity contribution in [3.8, 4) is 5.75 Å². The molecule has 32 heavy (non-hydrogen) atoms. The Kier molecular flexibility index (Phi) is 7.01. The van der Waals surface area contributed by atoms with Gasteiger partial charge >= 0.3 is 0 Å². The number of nitrogens with zero attached hydrogens (tertiary/aromatic N) is 2. The fourth-order valence-corrected chi connectivity index (χ4v) is 5.95. The molecule has 2 fully saturated rings. The number of benzene rings is 2. The molecule has 2 saturated heterocycles. The molecule has 2 aromatic rings. The van der Waals surface area contributed by atoms with Crippen LogP contribution >= 0.6 is 0 Å². The van der Waals surface area contributed by atoms with E-state index < -0.39 is 10.0 Å². The molecule has 1 atom stereocenters. The predicted molar refractivity (Wildman–Crippen MR) is 126 cm³/mol. The highest BCUT2D eigenvalue weighted by Crippen LogP contribution is 2.27. The third-order valence-corrected chi connectivity index (χ3v) is 8.19. The quantitative estimate of drug-likeness (QED) is 0.715. The molecule has 7 nitrogen and oxygen atoms in total. The number of carbonyl (C=O) groups excluding carboxylic acids is 1. The maximum absolute atomic E-state index is 13.0. The van der Waals surface area contributed by atoms with Crippen LogP contribution in [0.2, 0.25) is 0 Å². The summed E-state index contributed by atoms with van der Waals surface area (Å²) in [6, 6.07) is 14.3. The van der Waals surface area contributed by atoms with Gasteiger partial charge in [0, 0.05) is 37.6 Å². The van der Waals surface area contributed by atoms with Crippen molar-refractivity contribution in [2.24, 2.45) is 5.92 Å². The molecule has 0 spiro atoms. The van der Waals surface area contributed by atoms with E-state index in [1.807, 2.05) is 24.3 Å². The molecule has 2 aliphatic rings. The monoisotopic (exact) mass is 457 g/mol. The van der Waals surface area contributed by atoms with Crippen LogP contribution in [0.1, 0.15) is 32.1 Å². The Hall–Kier alpha value is -2.58. The van der Waals surface area contributed by atoms with Gasteiger partial charge in [0.1, 0.15) is 5.75 Å². The van der Waals surface area contributed by atoms with Crippen LogP contribution in [-0.2, 0) is 14.8 Å². The van der Waals surface area contributed by atoms with Crippen molar-refractivity contribution in [1.29, 1.82) is 0 Å². The SMILES string of the molecule is COc1ccc(S(=O)(=O)N2CCC[C@@H](C(=O)Nc3ccc(N4CCCCC4)cc3)C2)cc1. The van der Waals surface area contributed by atoms with Crippen LogP contribution in [-0.4, -0.2) is 51.9 Å². The highest BCUT2D eigenvalue weighted by atomic mass is 32.2. The Labute approximate surface area is 190 Å². The lowest BCUT2D eigenvalue weighted by atomic mass is 9.98. The van der Waals surface area contributed by atoms with E-state index in [4.69, 9.17) is 4.74 Å². The van der Waals surface area contributed by atoms with Gasteiger partial charge in [-0.15, -0.1) is 0 Å². The van der Waals surface area contributed by atoms with Crippen molar-refractivity contribution < 1.29 is 17.9 Å². The van der Waals surface area contributed by atoms with E-state index in [9.17, 15) is 13.2 Å². The van der Waals surface area contributed by atoms with Crippen LogP contribution in [0.15, 0.2) is 53.4 Å². The molecular formula is C24H31N3O4S. The number of amides is 1. The van der Waals surface area contributed by atoms with Crippen LogP contribution in [0.25, 0.3) is 0 Å². The van der Waals surface area contributed by atoms with Crippen molar-refractivity contribution in [1.82, 2.24) is 4.31 Å². The van der Waals surface area contributed by atoms with Gasteiger partial charge in [-0.1, -0.05) is 0 Å². The highest BCUT2D eigenvalue weighted by molar-refractivity contribution is 7.89. The summed E-state index contributed by atoms with van der Waals surface area (Å²) in [5.74, 6) is 0.0926. The smallest absolute Gasteiger partial charge is 0.243 e. The molecule has 0 aromatic heterocycles. The Morgan fingerprint density at radius 3 is 2.28 bits per heavy atom. The first-order valence-electron chi connectivity index (χ1n) is 11.3. The lowest BCUT2D eigenvalue weighted by Crippen LogP contribution is -2.43. The van der Waals surface area contributed by atoms with E-state index in [1.54, 1.807) is 31.4 Å². The van der Waals surface area contributed by atoms with Crippen molar-refractivity contribution in [3.63, 3.8) is 0 Å². The second-order valence-corrected chi connectivity index (χ2v) is 10.4. The molecule has 1 N–H and O–H groups in total. The summed E-state index contributed by atoms with van der Waals surface area (Å²) in [7, 11) is -2.11. The fourth-order valence-electron chi connectivity index (χ4n) is 4.42. The van der Waals surface area contributed by atoms with E-state index in [1.165, 1.54) is 29.3 Å². The van der Waals surface area contributed by atoms with Crippen molar-refractivity contribution >= 4 is 27.3 Å². The van der Waals surface area contributed by atoms with Gasteiger partial charge in [-0.25, -0.2) is 8.42 Å². The molecule has 0 saturated carbocycles. The first-order valence-corrected chi connectivity index (χ1v) is 12.7. The van der Waals surface area contributed by atoms with E-state index in [-0.39, 0.29) is 23.3 Å². The van der Waals surface area contributed by atoms with E-state index in [2.05, 4.69) is 10.2 Å². The standard InChI is InChI=1S/C24H31N3O4S/c1-31-22-11-13-23(14-12-22)32(29,30)27-17-5-6-19(18-27)24(28)25-20-7-9-21(10-8-20)26-15-3-2-4-16-26/h7-14,19H,2-6,15-18H2,1H3,(H,25,28)/t19-/m1/s1. The van der Waals surface area contributed by atoms with Gasteiger partial charge in [-0.3, -0.25) is 4.79 Å². The van der Waals surface area contributed by atoms with E-state index in [0.29, 0.717) is 25.1 Å². The molecule has 0 radical (unpaired) electrons. The maximum atomic E-state index is 13.0. The topological polar surface area (TPSA) is 79.0 Å². The number of carbonyl (C=O) groups is 1. The maximum Gasteiger partial charge on any atom is 0.243 e. The van der Waals surface area contributed by atoms with Gasteiger partial charge in [0.05, 0.1) is 17.9 Å². The van der Waals surface area contributed by atoms with Crippen LogP contribution in [0, 0.1) is 5.92 Å². The van der Waals surface area contributed by atoms with Gasteiger partial charge in [0.25, 0.3) is 0 Å². The molecule has 172 valence electrons. The minimum absolute atomic E-state index is 0.134. The van der Waals surface area contributed by atoms with Gasteiger partial charge < -0.3 is 15.0 Å². The molecule has 1 amide bonds. The lowest BCUT2D eigenvalue weighted by molar-refractivity contribution is -0.120. The van der Waals surface area contributed by atoms with Crippen molar-refractivity contribution in [2.75, 3.05) is 43.5 Å². The van der Waals surface area contributed by atoms with Crippen LogP contribution in [0.5, 0.6) is 5.75 Å². The predicted octanol–water partition coefficient (Wildman–Crippen LogP) is 3.72. The van der Waals surface area contributed by atoms with Crippen LogP contribution in [0.3, 0.4) is 0 Å². The number of nitrogens with one attached hydrogen (secondary N) is 1. The molecule has 0 unspecified atom stereocenters. The van der Waals surface area contributed by atoms with Crippen molar-refractivity contribution in [2.45, 2.75) is 37.0 Å². The third-order valence-electron chi connectivity index (χ3n) is 6.31. The second-order valence-electron chi connectivity index (χ2n) is 8.46. The molecule has 0 bridgehead atoms. The van der Waals surface area contributed by atoms with Gasteiger partial charge in [-0.2, -0.15) is 4.31 Å². The van der Waals surface area contributed by atoms with Crippen LogP contribution in [0.4, 0.5) is 11.4 Å². The van der Waals surface area contributed by atoms with E-state index >= 15 is 0 Å². The third kappa shape index (κ3) is 5.07. The summed E-state index contributed by atoms with van der Waals surface area (Å²) >= 11 is 0. The molecular weight excluding hydrogens is 426 g/mol. The van der Waals surface area contributed by atoms with Crippen molar-refractivity contribution in [3.05, 3.63) is 48.5 Å². The summed E-state index contributed by atoms with van der Waals surface area (Å²) in [5, 5.41) is 2.97. The molecule has 2 aromatic carbocycles. The first-order chi connectivity index (χ1) is 15.5. The summed E-state index contributed by atoms with van der Waals surface area (Å²) in [4.78, 5) is 15.5. The Morgan fingerprint density at radius 1 is 0.938 bits per heavy atom. The normalized spacial score (nSPS) is 20.0. The summed E-state index contributed by atoms with van der Waals surface area (Å²) in [6.45, 7) is 2.76. The Bertz CT molecular complexity index is 1020. The zero-order chi connectivity index (χ0) is 22.6. The number of rotatable bonds is 6. The number of piperidine rings is 2. The number of anilines is 2. The molecule has 2 heterocycles. The minimum Gasteiger partial charge on any atom is -0.497 e. The highest BCUT2D eigenvalue weighted by Gasteiger charge is 2.33. The number of hydrogen-bond donors (Lipinski definition) is 1. The summed E-state index contributed by atoms with van der Waals surface area (Å²) < 4.78 is 32.6. The fraction of sp³-hybridized carbons (Fsp3) is 0.458. The summed E-state index contributed by atoms with van der Waals surface area (Å²) in [6.07, 6.45) is 5.05. The zero-order valence-corrected chi connectivity index (χ0v) is 19.3. The average molecular weight is 458 g/mol.